The van der Waals surface area contributed by atoms with E-state index in [1.165, 1.54) is 12.8 Å². The van der Waals surface area contributed by atoms with Crippen molar-refractivity contribution >= 4 is 11.9 Å². The van der Waals surface area contributed by atoms with Gasteiger partial charge in [0.1, 0.15) is 5.75 Å². The van der Waals surface area contributed by atoms with Crippen LogP contribution >= 0.6 is 0 Å². The smallest absolute Gasteiger partial charge is 0.317 e. The van der Waals surface area contributed by atoms with E-state index in [9.17, 15) is 9.59 Å². The third-order valence-electron chi connectivity index (χ3n) is 4.47. The maximum Gasteiger partial charge on any atom is 0.317 e. The molecule has 0 aromatic heterocycles. The van der Waals surface area contributed by atoms with Crippen LogP contribution in [-0.4, -0.2) is 61.1 Å². The van der Waals surface area contributed by atoms with Crippen LogP contribution in [0.4, 0.5) is 4.79 Å². The lowest BCUT2D eigenvalue weighted by molar-refractivity contribution is 0.0665. The zero-order valence-corrected chi connectivity index (χ0v) is 14.2. The van der Waals surface area contributed by atoms with Gasteiger partial charge in [0, 0.05) is 38.3 Å². The Morgan fingerprint density at radius 1 is 1.08 bits per heavy atom. The Balaban J connectivity index is 1.50. The van der Waals surface area contributed by atoms with Crippen molar-refractivity contribution in [3.8, 4) is 5.75 Å². The molecule has 6 nitrogen and oxygen atoms in total. The van der Waals surface area contributed by atoms with E-state index in [1.807, 2.05) is 31.2 Å². The first-order chi connectivity index (χ1) is 11.7. The summed E-state index contributed by atoms with van der Waals surface area (Å²) in [7, 11) is 0. The van der Waals surface area contributed by atoms with Gasteiger partial charge in [0.2, 0.25) is 0 Å². The van der Waals surface area contributed by atoms with Crippen molar-refractivity contribution in [1.29, 1.82) is 0 Å². The number of nitrogens with one attached hydrogen (secondary N) is 1. The minimum Gasteiger partial charge on any atom is -0.493 e. The first-order valence-corrected chi connectivity index (χ1v) is 8.72. The Morgan fingerprint density at radius 2 is 1.71 bits per heavy atom. The number of hydrogen-bond acceptors (Lipinski definition) is 3. The summed E-state index contributed by atoms with van der Waals surface area (Å²) in [5, 5.41) is 2.79. The number of ether oxygens (including phenoxy) is 1. The van der Waals surface area contributed by atoms with Gasteiger partial charge < -0.3 is 19.9 Å². The zero-order valence-electron chi connectivity index (χ0n) is 14.2. The molecule has 0 radical (unpaired) electrons. The normalized spacial score (nSPS) is 17.5. The minimum atomic E-state index is -0.0539. The Hall–Kier alpha value is -2.24. The zero-order chi connectivity index (χ0) is 16.9. The van der Waals surface area contributed by atoms with Crippen molar-refractivity contribution in [2.75, 3.05) is 39.3 Å². The van der Waals surface area contributed by atoms with E-state index in [1.54, 1.807) is 9.80 Å². The molecule has 1 saturated carbocycles. The molecule has 0 bridgehead atoms. The second-order valence-corrected chi connectivity index (χ2v) is 6.39. The van der Waals surface area contributed by atoms with Gasteiger partial charge in [-0.15, -0.1) is 0 Å². The monoisotopic (exact) mass is 331 g/mol. The lowest BCUT2D eigenvalue weighted by Gasteiger charge is -2.34. The lowest BCUT2D eigenvalue weighted by atomic mass is 10.1. The summed E-state index contributed by atoms with van der Waals surface area (Å²) in [5.41, 5.74) is 0.667. The van der Waals surface area contributed by atoms with Crippen molar-refractivity contribution in [2.24, 2.45) is 5.92 Å². The van der Waals surface area contributed by atoms with Crippen LogP contribution in [0.3, 0.4) is 0 Å². The topological polar surface area (TPSA) is 61.9 Å². The molecule has 0 atom stereocenters. The molecule has 24 heavy (non-hydrogen) atoms. The number of amides is 3. The summed E-state index contributed by atoms with van der Waals surface area (Å²) in [4.78, 5) is 27.9. The molecule has 1 aliphatic carbocycles. The lowest BCUT2D eigenvalue weighted by Crippen LogP contribution is -2.53. The van der Waals surface area contributed by atoms with Gasteiger partial charge in [-0.25, -0.2) is 4.79 Å². The van der Waals surface area contributed by atoms with Crippen LogP contribution in [0.15, 0.2) is 24.3 Å². The third-order valence-corrected chi connectivity index (χ3v) is 4.47. The molecule has 1 heterocycles. The number of piperazine rings is 1. The van der Waals surface area contributed by atoms with Crippen LogP contribution in [0.2, 0.25) is 0 Å². The summed E-state index contributed by atoms with van der Waals surface area (Å²) < 4.78 is 5.70. The fraction of sp³-hybridized carbons (Fsp3) is 0.556. The maximum atomic E-state index is 12.6. The van der Waals surface area contributed by atoms with Gasteiger partial charge in [0.25, 0.3) is 5.91 Å². The number of benzene rings is 1. The van der Waals surface area contributed by atoms with Gasteiger partial charge >= 0.3 is 6.03 Å². The molecule has 1 N–H and O–H groups in total. The number of rotatable bonds is 5. The molecule has 3 rings (SSSR count). The fourth-order valence-corrected chi connectivity index (χ4v) is 2.75. The van der Waals surface area contributed by atoms with Crippen molar-refractivity contribution in [3.63, 3.8) is 0 Å². The molecular formula is C18H25N3O3. The molecule has 2 aliphatic rings. The highest BCUT2D eigenvalue weighted by atomic mass is 16.5. The molecule has 1 saturated heterocycles. The molecule has 1 aromatic rings. The Morgan fingerprint density at radius 3 is 2.29 bits per heavy atom. The largest absolute Gasteiger partial charge is 0.493 e. The third kappa shape index (κ3) is 4.19. The molecule has 2 fully saturated rings. The second kappa shape index (κ2) is 7.55. The van der Waals surface area contributed by atoms with Crippen molar-refractivity contribution in [1.82, 2.24) is 15.1 Å². The van der Waals surface area contributed by atoms with E-state index >= 15 is 0 Å². The summed E-state index contributed by atoms with van der Waals surface area (Å²) in [6.45, 7) is 5.56. The average molecular weight is 331 g/mol. The number of carbonyl (C=O) groups excluding carboxylic acids is 2. The van der Waals surface area contributed by atoms with E-state index in [4.69, 9.17) is 4.74 Å². The molecule has 1 aromatic carbocycles. The molecule has 1 aliphatic heterocycles. The number of hydrogen-bond donors (Lipinski definition) is 1. The van der Waals surface area contributed by atoms with Crippen LogP contribution in [0, 0.1) is 5.92 Å². The van der Waals surface area contributed by atoms with Crippen LogP contribution in [0.5, 0.6) is 5.75 Å². The Kier molecular flexibility index (Phi) is 5.23. The highest BCUT2D eigenvalue weighted by Crippen LogP contribution is 2.29. The predicted molar refractivity (Wildman–Crippen MR) is 91.2 cm³/mol. The van der Waals surface area contributed by atoms with E-state index < -0.39 is 0 Å². The van der Waals surface area contributed by atoms with Crippen molar-refractivity contribution < 1.29 is 14.3 Å². The first kappa shape index (κ1) is 16.6. The second-order valence-electron chi connectivity index (χ2n) is 6.39. The summed E-state index contributed by atoms with van der Waals surface area (Å²) >= 11 is 0. The number of nitrogens with zero attached hydrogens (tertiary/aromatic N) is 2. The van der Waals surface area contributed by atoms with Crippen LogP contribution < -0.4 is 10.1 Å². The highest BCUT2D eigenvalue weighted by molar-refractivity contribution is 5.94. The molecular weight excluding hydrogens is 306 g/mol. The maximum absolute atomic E-state index is 12.6. The molecule has 6 heteroatoms. The molecule has 3 amide bonds. The minimum absolute atomic E-state index is 0.0132. The number of carbonyl (C=O) groups is 2. The summed E-state index contributed by atoms with van der Waals surface area (Å²) in [5.74, 6) is 1.55. The molecule has 130 valence electrons. The highest BCUT2D eigenvalue weighted by Gasteiger charge is 2.25. The standard InChI is InChI=1S/C18H25N3O3/c1-2-19-18(23)21-11-9-20(10-12-21)17(22)15-5-7-16(8-6-15)24-13-14-3-4-14/h5-8,14H,2-4,9-13H2,1H3,(H,19,23). The fourth-order valence-electron chi connectivity index (χ4n) is 2.75. The van der Waals surface area contributed by atoms with Gasteiger partial charge in [-0.3, -0.25) is 4.79 Å². The summed E-state index contributed by atoms with van der Waals surface area (Å²) in [6, 6.07) is 7.31. The first-order valence-electron chi connectivity index (χ1n) is 8.72. The molecule has 0 unspecified atom stereocenters. The van der Waals surface area contributed by atoms with Crippen molar-refractivity contribution in [3.05, 3.63) is 29.8 Å². The van der Waals surface area contributed by atoms with E-state index in [0.717, 1.165) is 12.4 Å². The van der Waals surface area contributed by atoms with Gasteiger partial charge in [-0.05, 0) is 49.9 Å². The summed E-state index contributed by atoms with van der Waals surface area (Å²) in [6.07, 6.45) is 2.53. The van der Waals surface area contributed by atoms with Gasteiger partial charge in [0.05, 0.1) is 6.61 Å². The van der Waals surface area contributed by atoms with Crippen LogP contribution in [-0.2, 0) is 0 Å². The van der Waals surface area contributed by atoms with E-state index in [-0.39, 0.29) is 11.9 Å². The van der Waals surface area contributed by atoms with Gasteiger partial charge in [0.15, 0.2) is 0 Å². The Bertz CT molecular complexity index is 576. The quantitative estimate of drug-likeness (QED) is 0.897. The van der Waals surface area contributed by atoms with Gasteiger partial charge in [-0.1, -0.05) is 0 Å². The van der Waals surface area contributed by atoms with Crippen molar-refractivity contribution in [2.45, 2.75) is 19.8 Å². The van der Waals surface area contributed by atoms with Gasteiger partial charge in [-0.2, -0.15) is 0 Å². The molecule has 0 spiro atoms. The van der Waals surface area contributed by atoms with E-state index in [0.29, 0.717) is 44.2 Å². The SMILES string of the molecule is CCNC(=O)N1CCN(C(=O)c2ccc(OCC3CC3)cc2)CC1. The average Bonchev–Trinajstić information content (AvgIpc) is 3.45. The number of urea groups is 1. The predicted octanol–water partition coefficient (Wildman–Crippen LogP) is 1.96. The van der Waals surface area contributed by atoms with Crippen LogP contribution in [0.25, 0.3) is 0 Å². The Labute approximate surface area is 142 Å². The van der Waals surface area contributed by atoms with E-state index in [2.05, 4.69) is 5.32 Å². The van der Waals surface area contributed by atoms with Crippen LogP contribution in [0.1, 0.15) is 30.1 Å².